The van der Waals surface area contributed by atoms with Gasteiger partial charge in [0, 0.05) is 6.42 Å². The summed E-state index contributed by atoms with van der Waals surface area (Å²) in [4.78, 5) is 14.0. The number of thiazole rings is 1. The maximum absolute atomic E-state index is 11.2. The number of rotatable bonds is 4. The lowest BCUT2D eigenvalue weighted by atomic mass is 10.1. The number of H-pyrrole nitrogens is 1. The zero-order valence-corrected chi connectivity index (χ0v) is 13.7. The Bertz CT molecular complexity index is 878. The van der Waals surface area contributed by atoms with Crippen molar-refractivity contribution in [3.8, 4) is 17.4 Å². The van der Waals surface area contributed by atoms with E-state index in [0.29, 0.717) is 11.3 Å². The van der Waals surface area contributed by atoms with Gasteiger partial charge >= 0.3 is 4.87 Å². The highest BCUT2D eigenvalue weighted by Crippen LogP contribution is 2.27. The monoisotopic (exact) mass is 327 g/mol. The molecule has 118 valence electrons. The maximum atomic E-state index is 11.2. The zero-order valence-electron chi connectivity index (χ0n) is 12.9. The molecule has 0 saturated heterocycles. The number of aromatic nitrogens is 1. The highest BCUT2D eigenvalue weighted by molar-refractivity contribution is 7.09. The summed E-state index contributed by atoms with van der Waals surface area (Å²) >= 11 is 1.03. The van der Waals surface area contributed by atoms with Crippen molar-refractivity contribution in [3.05, 3.63) is 73.7 Å². The molecule has 3 aromatic rings. The van der Waals surface area contributed by atoms with E-state index in [4.69, 9.17) is 4.74 Å². The van der Waals surface area contributed by atoms with Gasteiger partial charge in [0.2, 0.25) is 5.88 Å². The Morgan fingerprint density at radius 2 is 1.87 bits per heavy atom. The quantitative estimate of drug-likeness (QED) is 0.757. The van der Waals surface area contributed by atoms with Crippen molar-refractivity contribution in [3.63, 3.8) is 0 Å². The van der Waals surface area contributed by atoms with E-state index in [0.717, 1.165) is 34.0 Å². The first-order valence-electron chi connectivity index (χ1n) is 7.26. The lowest BCUT2D eigenvalue weighted by Gasteiger charge is -2.10. The topological polar surface area (TPSA) is 62.3 Å². The molecule has 0 aliphatic rings. The molecule has 0 aliphatic carbocycles. The number of aromatic amines is 1. The minimum absolute atomic E-state index is 0.0457. The lowest BCUT2D eigenvalue weighted by molar-refractivity contribution is 0.451. The maximum Gasteiger partial charge on any atom is 0.307 e. The van der Waals surface area contributed by atoms with E-state index in [1.807, 2.05) is 43.3 Å². The van der Waals surface area contributed by atoms with Crippen LogP contribution in [0.3, 0.4) is 0 Å². The molecule has 4 nitrogen and oxygen atoms in total. The first-order valence-corrected chi connectivity index (χ1v) is 8.08. The van der Waals surface area contributed by atoms with Gasteiger partial charge in [0.15, 0.2) is 0 Å². The molecule has 0 aliphatic heterocycles. The van der Waals surface area contributed by atoms with Crippen LogP contribution in [0.4, 0.5) is 0 Å². The van der Waals surface area contributed by atoms with E-state index in [-0.39, 0.29) is 10.8 Å². The molecule has 0 atom stereocenters. The van der Waals surface area contributed by atoms with Crippen molar-refractivity contribution in [1.29, 1.82) is 0 Å². The number of hydrogen-bond donors (Lipinski definition) is 2. The molecule has 2 aromatic carbocycles. The van der Waals surface area contributed by atoms with Gasteiger partial charge in [0.05, 0.1) is 4.88 Å². The first kappa shape index (κ1) is 15.4. The highest BCUT2D eigenvalue weighted by atomic mass is 32.1. The smallest absolute Gasteiger partial charge is 0.307 e. The molecule has 5 heteroatoms. The minimum Gasteiger partial charge on any atom is -0.494 e. The Kier molecular flexibility index (Phi) is 4.21. The summed E-state index contributed by atoms with van der Waals surface area (Å²) < 4.78 is 5.89. The second-order valence-corrected chi connectivity index (χ2v) is 6.55. The van der Waals surface area contributed by atoms with Gasteiger partial charge in [-0.25, -0.2) is 0 Å². The van der Waals surface area contributed by atoms with Crippen molar-refractivity contribution < 1.29 is 9.84 Å². The Morgan fingerprint density at radius 3 is 2.48 bits per heavy atom. The number of aromatic hydroxyl groups is 1. The number of ether oxygens (including phenoxy) is 1. The van der Waals surface area contributed by atoms with Gasteiger partial charge in [0.1, 0.15) is 11.5 Å². The Labute approximate surface area is 138 Å². The van der Waals surface area contributed by atoms with Gasteiger partial charge in [-0.05, 0) is 43.2 Å². The summed E-state index contributed by atoms with van der Waals surface area (Å²) in [5, 5.41) is 9.63. The fourth-order valence-electron chi connectivity index (χ4n) is 2.37. The average molecular weight is 327 g/mol. The zero-order chi connectivity index (χ0) is 16.4. The Balaban J connectivity index is 1.74. The number of aryl methyl sites for hydroxylation is 2. The number of benzene rings is 2. The molecule has 0 unspecified atom stereocenters. The summed E-state index contributed by atoms with van der Waals surface area (Å²) in [7, 11) is 0. The van der Waals surface area contributed by atoms with Crippen LogP contribution >= 0.6 is 11.3 Å². The molecule has 3 rings (SSSR count). The van der Waals surface area contributed by atoms with E-state index >= 15 is 0 Å². The number of hydrogen-bond acceptors (Lipinski definition) is 4. The molecule has 0 bridgehead atoms. The molecule has 0 fully saturated rings. The molecule has 23 heavy (non-hydrogen) atoms. The van der Waals surface area contributed by atoms with Crippen LogP contribution in [0.2, 0.25) is 0 Å². The fourth-order valence-corrected chi connectivity index (χ4v) is 3.13. The van der Waals surface area contributed by atoms with E-state index in [1.165, 1.54) is 5.56 Å². The van der Waals surface area contributed by atoms with Crippen LogP contribution < -0.4 is 9.61 Å². The van der Waals surface area contributed by atoms with Gasteiger partial charge in [0.25, 0.3) is 0 Å². The van der Waals surface area contributed by atoms with Gasteiger partial charge in [-0.3, -0.25) is 9.78 Å². The van der Waals surface area contributed by atoms with Crippen molar-refractivity contribution in [2.75, 3.05) is 0 Å². The summed E-state index contributed by atoms with van der Waals surface area (Å²) in [6.45, 7) is 4.07. The third-order valence-electron chi connectivity index (χ3n) is 3.55. The largest absolute Gasteiger partial charge is 0.494 e. The average Bonchev–Trinajstić information content (AvgIpc) is 2.82. The summed E-state index contributed by atoms with van der Waals surface area (Å²) in [6, 6.07) is 13.7. The molecule has 0 spiro atoms. The van der Waals surface area contributed by atoms with Crippen molar-refractivity contribution in [1.82, 2.24) is 4.98 Å². The summed E-state index contributed by atoms with van der Waals surface area (Å²) in [5.74, 6) is 1.55. The van der Waals surface area contributed by atoms with Crippen LogP contribution in [0.1, 0.15) is 21.6 Å². The van der Waals surface area contributed by atoms with Crippen LogP contribution in [0.15, 0.2) is 47.3 Å². The van der Waals surface area contributed by atoms with Crippen molar-refractivity contribution in [2.24, 2.45) is 0 Å². The molecular weight excluding hydrogens is 310 g/mol. The first-order chi connectivity index (χ1) is 11.0. The van der Waals surface area contributed by atoms with Gasteiger partial charge in [-0.15, -0.1) is 0 Å². The molecule has 2 N–H and O–H groups in total. The van der Waals surface area contributed by atoms with Crippen LogP contribution in [0.25, 0.3) is 0 Å². The fraction of sp³-hybridized carbons (Fsp3) is 0.167. The summed E-state index contributed by atoms with van der Waals surface area (Å²) in [6.07, 6.45) is 0.513. The van der Waals surface area contributed by atoms with Crippen molar-refractivity contribution in [2.45, 2.75) is 20.3 Å². The van der Waals surface area contributed by atoms with E-state index in [9.17, 15) is 9.90 Å². The van der Waals surface area contributed by atoms with E-state index < -0.39 is 0 Å². The normalized spacial score (nSPS) is 10.7. The third-order valence-corrected chi connectivity index (χ3v) is 4.42. The molecule has 1 aromatic heterocycles. The van der Waals surface area contributed by atoms with Crippen LogP contribution in [0, 0.1) is 13.8 Å². The van der Waals surface area contributed by atoms with Gasteiger partial charge in [-0.1, -0.05) is 41.2 Å². The second-order valence-electron chi connectivity index (χ2n) is 5.48. The van der Waals surface area contributed by atoms with Gasteiger partial charge < -0.3 is 9.84 Å². The lowest BCUT2D eigenvalue weighted by Crippen LogP contribution is -1.90. The minimum atomic E-state index is -0.243. The van der Waals surface area contributed by atoms with Gasteiger partial charge in [-0.2, -0.15) is 0 Å². The molecular formula is C18H17NO3S. The van der Waals surface area contributed by atoms with E-state index in [1.54, 1.807) is 0 Å². The predicted octanol–water partition coefficient (Wildman–Crippen LogP) is 4.14. The highest BCUT2D eigenvalue weighted by Gasteiger charge is 2.08. The molecule has 0 amide bonds. The Hall–Kier alpha value is -2.53. The third kappa shape index (κ3) is 3.63. The molecule has 0 radical (unpaired) electrons. The standard InChI is InChI=1S/C18H17NO3S/c1-11-3-8-15(12(2)9-11)22-14-6-4-13(5-7-14)10-16-17(20)19-18(21)23-16/h3-9,20H,10H2,1-2H3,(H,19,21). The van der Waals surface area contributed by atoms with Crippen molar-refractivity contribution >= 4 is 11.3 Å². The van der Waals surface area contributed by atoms with Crippen LogP contribution in [-0.4, -0.2) is 10.1 Å². The van der Waals surface area contributed by atoms with E-state index in [2.05, 4.69) is 18.0 Å². The summed E-state index contributed by atoms with van der Waals surface area (Å²) in [5.41, 5.74) is 3.30. The predicted molar refractivity (Wildman–Crippen MR) is 91.8 cm³/mol. The van der Waals surface area contributed by atoms with Crippen LogP contribution in [0.5, 0.6) is 17.4 Å². The second kappa shape index (κ2) is 6.30. The Morgan fingerprint density at radius 1 is 1.13 bits per heavy atom. The number of nitrogens with one attached hydrogen (secondary N) is 1. The molecule has 1 heterocycles. The SMILES string of the molecule is Cc1ccc(Oc2ccc(Cc3sc(=O)[nH]c3O)cc2)c(C)c1. The van der Waals surface area contributed by atoms with Crippen LogP contribution in [-0.2, 0) is 6.42 Å². The molecule has 0 saturated carbocycles.